The molecule has 1 aromatic rings. The first-order valence-electron chi connectivity index (χ1n) is 4.87. The Morgan fingerprint density at radius 3 is 2.53 bits per heavy atom. The van der Waals surface area contributed by atoms with E-state index in [2.05, 4.69) is 0 Å². The molecule has 94 valence electrons. The normalized spacial score (nSPS) is 13.4. The molecular formula is C11H11F3O3. The van der Waals surface area contributed by atoms with E-state index >= 15 is 0 Å². The lowest BCUT2D eigenvalue weighted by atomic mass is 10.0. The molecule has 3 nitrogen and oxygen atoms in total. The molecule has 0 saturated carbocycles. The number of aryl methyl sites for hydroxylation is 1. The summed E-state index contributed by atoms with van der Waals surface area (Å²) in [6, 6.07) is 4.61. The largest absolute Gasteiger partial charge is 0.479 e. The Kier molecular flexibility index (Phi) is 4.11. The average molecular weight is 248 g/mol. The van der Waals surface area contributed by atoms with Crippen molar-refractivity contribution in [1.29, 1.82) is 0 Å². The minimum Gasteiger partial charge on any atom is -0.479 e. The number of hydrogen-bond acceptors (Lipinski definition) is 2. The molecule has 0 amide bonds. The summed E-state index contributed by atoms with van der Waals surface area (Å²) in [4.78, 5) is 10.3. The van der Waals surface area contributed by atoms with Crippen molar-refractivity contribution in [2.45, 2.75) is 25.1 Å². The Morgan fingerprint density at radius 1 is 1.35 bits per heavy atom. The van der Waals surface area contributed by atoms with Gasteiger partial charge in [0.1, 0.15) is 0 Å². The molecule has 0 heterocycles. The highest BCUT2D eigenvalue weighted by atomic mass is 19.4. The Hall–Kier alpha value is -1.56. The second-order valence-electron chi connectivity index (χ2n) is 3.59. The Balaban J connectivity index is 2.70. The van der Waals surface area contributed by atoms with Crippen LogP contribution in [0.15, 0.2) is 24.3 Å². The summed E-state index contributed by atoms with van der Waals surface area (Å²) >= 11 is 0. The van der Waals surface area contributed by atoms with Gasteiger partial charge in [-0.05, 0) is 24.5 Å². The number of hydrogen-bond donors (Lipinski definition) is 2. The minimum absolute atomic E-state index is 0.0807. The molecule has 6 heteroatoms. The van der Waals surface area contributed by atoms with Gasteiger partial charge in [0, 0.05) is 0 Å². The molecule has 0 aliphatic heterocycles. The van der Waals surface area contributed by atoms with Crippen LogP contribution in [0.4, 0.5) is 13.2 Å². The number of aliphatic hydroxyl groups excluding tert-OH is 1. The standard InChI is InChI=1S/C11H11F3O3/c12-11(13,14)8-3-1-2-7(6-8)4-5-9(15)10(16)17/h1-3,6,9,15H,4-5H2,(H,16,17)/t9-/m1/s1. The van der Waals surface area contributed by atoms with Gasteiger partial charge in [-0.25, -0.2) is 4.79 Å². The maximum atomic E-state index is 12.4. The van der Waals surface area contributed by atoms with Crippen LogP contribution in [0.25, 0.3) is 0 Å². The predicted molar refractivity (Wildman–Crippen MR) is 53.4 cm³/mol. The lowest BCUT2D eigenvalue weighted by molar-refractivity contribution is -0.147. The number of aliphatic hydroxyl groups is 1. The van der Waals surface area contributed by atoms with Crippen molar-refractivity contribution in [3.8, 4) is 0 Å². The van der Waals surface area contributed by atoms with Gasteiger partial charge >= 0.3 is 12.1 Å². The number of carbonyl (C=O) groups is 1. The van der Waals surface area contributed by atoms with E-state index < -0.39 is 23.8 Å². The lowest BCUT2D eigenvalue weighted by Gasteiger charge is -2.09. The molecule has 17 heavy (non-hydrogen) atoms. The van der Waals surface area contributed by atoms with Crippen molar-refractivity contribution in [2.24, 2.45) is 0 Å². The van der Waals surface area contributed by atoms with Gasteiger partial charge in [-0.15, -0.1) is 0 Å². The molecule has 0 fully saturated rings. The van der Waals surface area contributed by atoms with E-state index in [-0.39, 0.29) is 12.8 Å². The summed E-state index contributed by atoms with van der Waals surface area (Å²) in [6.07, 6.45) is -6.00. The maximum absolute atomic E-state index is 12.4. The fraction of sp³-hybridized carbons (Fsp3) is 0.364. The number of rotatable bonds is 4. The number of alkyl halides is 3. The highest BCUT2D eigenvalue weighted by Crippen LogP contribution is 2.29. The monoisotopic (exact) mass is 248 g/mol. The van der Waals surface area contributed by atoms with Crippen LogP contribution in [0.5, 0.6) is 0 Å². The fourth-order valence-corrected chi connectivity index (χ4v) is 1.33. The second kappa shape index (κ2) is 5.18. The minimum atomic E-state index is -4.42. The van der Waals surface area contributed by atoms with E-state index in [0.29, 0.717) is 5.56 Å². The molecule has 1 atom stereocenters. The molecule has 1 aromatic carbocycles. The van der Waals surface area contributed by atoms with Crippen molar-refractivity contribution in [1.82, 2.24) is 0 Å². The highest BCUT2D eigenvalue weighted by molar-refractivity contribution is 5.71. The molecule has 0 radical (unpaired) electrons. The van der Waals surface area contributed by atoms with E-state index in [0.717, 1.165) is 12.1 Å². The first-order chi connectivity index (χ1) is 7.80. The third kappa shape index (κ3) is 4.07. The molecule has 0 spiro atoms. The summed E-state index contributed by atoms with van der Waals surface area (Å²) < 4.78 is 37.1. The maximum Gasteiger partial charge on any atom is 0.416 e. The van der Waals surface area contributed by atoms with Gasteiger partial charge in [0.15, 0.2) is 6.10 Å². The fourth-order valence-electron chi connectivity index (χ4n) is 1.33. The van der Waals surface area contributed by atoms with Crippen LogP contribution in [0.3, 0.4) is 0 Å². The Labute approximate surface area is 95.5 Å². The SMILES string of the molecule is O=C(O)[C@H](O)CCc1cccc(C(F)(F)F)c1. The third-order valence-electron chi connectivity index (χ3n) is 2.25. The number of aliphatic carboxylic acids is 1. The second-order valence-corrected chi connectivity index (χ2v) is 3.59. The molecular weight excluding hydrogens is 237 g/mol. The van der Waals surface area contributed by atoms with E-state index in [1.165, 1.54) is 12.1 Å². The first-order valence-corrected chi connectivity index (χ1v) is 4.87. The van der Waals surface area contributed by atoms with Crippen LogP contribution < -0.4 is 0 Å². The molecule has 0 aliphatic carbocycles. The van der Waals surface area contributed by atoms with E-state index in [1.807, 2.05) is 0 Å². The van der Waals surface area contributed by atoms with Crippen molar-refractivity contribution in [3.63, 3.8) is 0 Å². The van der Waals surface area contributed by atoms with Gasteiger partial charge in [0.05, 0.1) is 5.56 Å². The highest BCUT2D eigenvalue weighted by Gasteiger charge is 2.30. The number of benzene rings is 1. The van der Waals surface area contributed by atoms with Gasteiger partial charge in [-0.1, -0.05) is 18.2 Å². The average Bonchev–Trinajstić information content (AvgIpc) is 2.25. The van der Waals surface area contributed by atoms with Crippen LogP contribution in [-0.4, -0.2) is 22.3 Å². The van der Waals surface area contributed by atoms with Crippen LogP contribution in [0.2, 0.25) is 0 Å². The third-order valence-corrected chi connectivity index (χ3v) is 2.25. The van der Waals surface area contributed by atoms with Crippen molar-refractivity contribution < 1.29 is 28.2 Å². The number of halogens is 3. The summed E-state index contributed by atoms with van der Waals surface area (Å²) in [7, 11) is 0. The van der Waals surface area contributed by atoms with Crippen LogP contribution in [0.1, 0.15) is 17.5 Å². The van der Waals surface area contributed by atoms with Gasteiger partial charge in [0.2, 0.25) is 0 Å². The summed E-state index contributed by atoms with van der Waals surface area (Å²) in [5.41, 5.74) is -0.431. The van der Waals surface area contributed by atoms with Crippen LogP contribution >= 0.6 is 0 Å². The first kappa shape index (κ1) is 13.5. The molecule has 0 aliphatic rings. The lowest BCUT2D eigenvalue weighted by Crippen LogP contribution is -2.20. The van der Waals surface area contributed by atoms with Crippen LogP contribution in [-0.2, 0) is 17.4 Å². The molecule has 0 unspecified atom stereocenters. The summed E-state index contributed by atoms with van der Waals surface area (Å²) in [6.45, 7) is 0. The van der Waals surface area contributed by atoms with Gasteiger partial charge < -0.3 is 10.2 Å². The van der Waals surface area contributed by atoms with Gasteiger partial charge in [-0.2, -0.15) is 13.2 Å². The van der Waals surface area contributed by atoms with E-state index in [4.69, 9.17) is 10.2 Å². The quantitative estimate of drug-likeness (QED) is 0.857. The zero-order chi connectivity index (χ0) is 13.1. The smallest absolute Gasteiger partial charge is 0.416 e. The zero-order valence-corrected chi connectivity index (χ0v) is 8.74. The van der Waals surface area contributed by atoms with Crippen molar-refractivity contribution >= 4 is 5.97 Å². The van der Waals surface area contributed by atoms with E-state index in [9.17, 15) is 18.0 Å². The van der Waals surface area contributed by atoms with Gasteiger partial charge in [-0.3, -0.25) is 0 Å². The molecule has 0 saturated heterocycles. The Bertz CT molecular complexity index is 401. The molecule has 1 rings (SSSR count). The summed E-state index contributed by atoms with van der Waals surface area (Å²) in [5, 5.41) is 17.4. The molecule has 0 aromatic heterocycles. The van der Waals surface area contributed by atoms with E-state index in [1.54, 1.807) is 0 Å². The van der Waals surface area contributed by atoms with Crippen LogP contribution in [0, 0.1) is 0 Å². The topological polar surface area (TPSA) is 57.5 Å². The number of carboxylic acid groups (broad SMARTS) is 1. The predicted octanol–water partition coefficient (Wildman–Crippen LogP) is 2.08. The number of carboxylic acids is 1. The van der Waals surface area contributed by atoms with Crippen molar-refractivity contribution in [3.05, 3.63) is 35.4 Å². The Morgan fingerprint density at radius 2 is 2.00 bits per heavy atom. The molecule has 2 N–H and O–H groups in total. The van der Waals surface area contributed by atoms with Gasteiger partial charge in [0.25, 0.3) is 0 Å². The zero-order valence-electron chi connectivity index (χ0n) is 8.74. The molecule has 0 bridgehead atoms. The van der Waals surface area contributed by atoms with Crippen molar-refractivity contribution in [2.75, 3.05) is 0 Å². The summed E-state index contributed by atoms with van der Waals surface area (Å²) in [5.74, 6) is -1.38.